The molecule has 0 radical (unpaired) electrons. The van der Waals surface area contributed by atoms with Gasteiger partial charge in [0.25, 0.3) is 0 Å². The third-order valence-corrected chi connectivity index (χ3v) is 5.13. The summed E-state index contributed by atoms with van der Waals surface area (Å²) in [5, 5.41) is 0.626. The van der Waals surface area contributed by atoms with Gasteiger partial charge < -0.3 is 0 Å². The van der Waals surface area contributed by atoms with Crippen molar-refractivity contribution in [2.45, 2.75) is 12.3 Å². The Morgan fingerprint density at radius 3 is 2.15 bits per heavy atom. The third kappa shape index (κ3) is 3.17. The summed E-state index contributed by atoms with van der Waals surface area (Å²) in [6, 6.07) is 27.1. The van der Waals surface area contributed by atoms with Crippen LogP contribution in [0.4, 0.5) is 0 Å². The first-order valence-electron chi connectivity index (χ1n) is 8.62. The summed E-state index contributed by atoms with van der Waals surface area (Å²) in [6.45, 7) is 0. The van der Waals surface area contributed by atoms with E-state index >= 15 is 0 Å². The van der Waals surface area contributed by atoms with Crippen LogP contribution < -0.4 is 0 Å². The molecule has 0 aromatic heterocycles. The van der Waals surface area contributed by atoms with Crippen molar-refractivity contribution in [2.24, 2.45) is 5.41 Å². The first-order valence-corrected chi connectivity index (χ1v) is 9.00. The molecule has 4 rings (SSSR count). The number of Topliss-reactive ketones (excluding diaryl/α,β-unsaturated/α-hetero) is 1. The normalized spacial score (nSPS) is 20.7. The molecule has 2 atom stereocenters. The molecule has 0 heterocycles. The van der Waals surface area contributed by atoms with E-state index in [0.717, 1.165) is 17.5 Å². The molecule has 1 nitrogen and oxygen atoms in total. The topological polar surface area (TPSA) is 17.1 Å². The van der Waals surface area contributed by atoms with Gasteiger partial charge in [0.1, 0.15) is 5.41 Å². The Bertz CT molecular complexity index is 981. The van der Waals surface area contributed by atoms with Gasteiger partial charge in [0.05, 0.1) is 0 Å². The molecule has 0 unspecified atom stereocenters. The van der Waals surface area contributed by atoms with Crippen molar-refractivity contribution in [2.75, 3.05) is 0 Å². The average Bonchev–Trinajstić information content (AvgIpc) is 3.44. The maximum atomic E-state index is 13.3. The number of rotatable bonds is 3. The van der Waals surface area contributed by atoms with Crippen molar-refractivity contribution in [3.63, 3.8) is 0 Å². The smallest absolute Gasteiger partial charge is 0.181 e. The number of hydrogen-bond acceptors (Lipinski definition) is 1. The van der Waals surface area contributed by atoms with Gasteiger partial charge in [-0.3, -0.25) is 4.79 Å². The highest BCUT2D eigenvalue weighted by Crippen LogP contribution is 2.60. The second-order valence-electron chi connectivity index (χ2n) is 6.59. The Morgan fingerprint density at radius 2 is 1.50 bits per heavy atom. The number of halogens is 1. The summed E-state index contributed by atoms with van der Waals surface area (Å²) < 4.78 is 0. The summed E-state index contributed by atoms with van der Waals surface area (Å²) in [7, 11) is 0. The molecule has 0 amide bonds. The number of ketones is 1. The van der Waals surface area contributed by atoms with Crippen LogP contribution in [0.3, 0.4) is 0 Å². The van der Waals surface area contributed by atoms with Gasteiger partial charge in [-0.25, -0.2) is 0 Å². The number of carbonyl (C=O) groups is 1. The monoisotopic (exact) mass is 356 g/mol. The molecular formula is C24H17ClO. The molecular weight excluding hydrogens is 340 g/mol. The zero-order valence-corrected chi connectivity index (χ0v) is 14.9. The quantitative estimate of drug-likeness (QED) is 0.431. The zero-order chi connectivity index (χ0) is 18.0. The van der Waals surface area contributed by atoms with Crippen molar-refractivity contribution in [1.29, 1.82) is 0 Å². The van der Waals surface area contributed by atoms with Crippen LogP contribution in [0.5, 0.6) is 0 Å². The standard InChI is InChI=1S/C24H17ClO/c25-21-13-11-20(12-14-21)23(26)24(16-15-18-7-3-1-4-8-18)17-22(24)19-9-5-2-6-10-19/h1-14,22H,17H2/t22-,24+/m0/s1. The van der Waals surface area contributed by atoms with E-state index in [2.05, 4.69) is 24.0 Å². The van der Waals surface area contributed by atoms with Crippen LogP contribution in [0.15, 0.2) is 84.9 Å². The van der Waals surface area contributed by atoms with Crippen molar-refractivity contribution in [3.05, 3.63) is 107 Å². The van der Waals surface area contributed by atoms with Gasteiger partial charge in [0.15, 0.2) is 5.78 Å². The molecule has 26 heavy (non-hydrogen) atoms. The highest BCUT2D eigenvalue weighted by molar-refractivity contribution is 6.30. The molecule has 1 aliphatic carbocycles. The van der Waals surface area contributed by atoms with Crippen LogP contribution in [0.25, 0.3) is 0 Å². The van der Waals surface area contributed by atoms with Crippen molar-refractivity contribution < 1.29 is 4.79 Å². The summed E-state index contributed by atoms with van der Waals surface area (Å²) in [5.41, 5.74) is 2.09. The average molecular weight is 357 g/mol. The lowest BCUT2D eigenvalue weighted by Crippen LogP contribution is -2.16. The van der Waals surface area contributed by atoms with Gasteiger partial charge in [0.2, 0.25) is 0 Å². The van der Waals surface area contributed by atoms with E-state index in [1.807, 2.05) is 48.5 Å². The minimum atomic E-state index is -0.662. The van der Waals surface area contributed by atoms with E-state index in [1.165, 1.54) is 0 Å². The molecule has 1 fully saturated rings. The molecule has 0 N–H and O–H groups in total. The largest absolute Gasteiger partial charge is 0.292 e. The Kier molecular flexibility index (Phi) is 4.37. The molecule has 0 spiro atoms. The highest BCUT2D eigenvalue weighted by atomic mass is 35.5. The van der Waals surface area contributed by atoms with Gasteiger partial charge in [-0.1, -0.05) is 72.0 Å². The zero-order valence-electron chi connectivity index (χ0n) is 14.2. The van der Waals surface area contributed by atoms with Crippen LogP contribution in [-0.2, 0) is 0 Å². The number of carbonyl (C=O) groups excluding carboxylic acids is 1. The van der Waals surface area contributed by atoms with E-state index in [1.54, 1.807) is 24.3 Å². The fourth-order valence-corrected chi connectivity index (χ4v) is 3.49. The fourth-order valence-electron chi connectivity index (χ4n) is 3.36. The van der Waals surface area contributed by atoms with E-state index in [9.17, 15) is 4.79 Å². The van der Waals surface area contributed by atoms with Crippen molar-refractivity contribution in [1.82, 2.24) is 0 Å². The summed E-state index contributed by atoms with van der Waals surface area (Å²) in [4.78, 5) is 13.3. The predicted octanol–water partition coefficient (Wildman–Crippen LogP) is 5.75. The molecule has 1 aliphatic rings. The van der Waals surface area contributed by atoms with Gasteiger partial charge in [0, 0.05) is 22.1 Å². The fraction of sp³-hybridized carbons (Fsp3) is 0.125. The highest BCUT2D eigenvalue weighted by Gasteiger charge is 2.59. The SMILES string of the molecule is O=C(c1ccc(Cl)cc1)[C@]1(C#Cc2ccccc2)C[C@H]1c1ccccc1. The third-order valence-electron chi connectivity index (χ3n) is 4.88. The molecule has 126 valence electrons. The van der Waals surface area contributed by atoms with Gasteiger partial charge in [-0.15, -0.1) is 0 Å². The van der Waals surface area contributed by atoms with Crippen molar-refractivity contribution in [3.8, 4) is 11.8 Å². The predicted molar refractivity (Wildman–Crippen MR) is 105 cm³/mol. The molecule has 0 bridgehead atoms. The first-order chi connectivity index (χ1) is 12.7. The van der Waals surface area contributed by atoms with Crippen LogP contribution >= 0.6 is 11.6 Å². The van der Waals surface area contributed by atoms with Crippen LogP contribution in [0.1, 0.15) is 33.8 Å². The molecule has 2 heteroatoms. The summed E-state index contributed by atoms with van der Waals surface area (Å²) in [6.07, 6.45) is 0.748. The number of benzene rings is 3. The van der Waals surface area contributed by atoms with Gasteiger partial charge in [-0.05, 0) is 48.4 Å². The molecule has 3 aromatic rings. The maximum absolute atomic E-state index is 13.3. The second-order valence-corrected chi connectivity index (χ2v) is 7.03. The van der Waals surface area contributed by atoms with Crippen LogP contribution in [0, 0.1) is 17.3 Å². The first kappa shape index (κ1) is 16.6. The Morgan fingerprint density at radius 1 is 0.885 bits per heavy atom. The lowest BCUT2D eigenvalue weighted by Gasteiger charge is -2.10. The van der Waals surface area contributed by atoms with E-state index in [0.29, 0.717) is 10.6 Å². The maximum Gasteiger partial charge on any atom is 0.181 e. The Hall–Kier alpha value is -2.82. The summed E-state index contributed by atoms with van der Waals surface area (Å²) in [5.74, 6) is 6.73. The van der Waals surface area contributed by atoms with Crippen molar-refractivity contribution >= 4 is 17.4 Å². The molecule has 3 aromatic carbocycles. The van der Waals surface area contributed by atoms with E-state index in [4.69, 9.17) is 11.6 Å². The number of hydrogen-bond donors (Lipinski definition) is 0. The molecule has 1 saturated carbocycles. The Balaban J connectivity index is 1.73. The second kappa shape index (κ2) is 6.83. The van der Waals surface area contributed by atoms with Gasteiger partial charge >= 0.3 is 0 Å². The minimum absolute atomic E-state index is 0.0754. The van der Waals surface area contributed by atoms with Crippen LogP contribution in [0.2, 0.25) is 5.02 Å². The lowest BCUT2D eigenvalue weighted by atomic mass is 9.90. The Labute approximate surface area is 158 Å². The van der Waals surface area contributed by atoms with E-state index in [-0.39, 0.29) is 11.7 Å². The lowest BCUT2D eigenvalue weighted by molar-refractivity contribution is 0.0932. The molecule has 0 aliphatic heterocycles. The van der Waals surface area contributed by atoms with Crippen LogP contribution in [-0.4, -0.2) is 5.78 Å². The molecule has 0 saturated heterocycles. The van der Waals surface area contributed by atoms with Gasteiger partial charge in [-0.2, -0.15) is 0 Å². The minimum Gasteiger partial charge on any atom is -0.292 e. The van der Waals surface area contributed by atoms with E-state index < -0.39 is 5.41 Å². The summed E-state index contributed by atoms with van der Waals surface area (Å²) >= 11 is 5.97.